The van der Waals surface area contributed by atoms with Crippen LogP contribution >= 0.6 is 0 Å². The summed E-state index contributed by atoms with van der Waals surface area (Å²) in [5, 5.41) is 9.48. The van der Waals surface area contributed by atoms with Crippen molar-refractivity contribution in [2.24, 2.45) is 0 Å². The predicted molar refractivity (Wildman–Crippen MR) is 168 cm³/mol. The van der Waals surface area contributed by atoms with Crippen molar-refractivity contribution in [1.82, 2.24) is 0 Å². The van der Waals surface area contributed by atoms with E-state index in [9.17, 15) is 14.7 Å². The average Bonchev–Trinajstić information content (AvgIpc) is 2.96. The smallest absolute Gasteiger partial charge is 0.306 e. The molecule has 0 aromatic rings. The Labute approximate surface area is 246 Å². The van der Waals surface area contributed by atoms with Crippen LogP contribution in [0.2, 0.25) is 0 Å². The SMILES string of the molecule is CCC=CCC=CCC=CCC=CCCCCC(=O)OC[C@H](CO)OC(=O)CCCCCCCCCCCCC. The predicted octanol–water partition coefficient (Wildman–Crippen LogP) is 9.50. The van der Waals surface area contributed by atoms with Crippen LogP contribution in [0, 0.1) is 0 Å². The molecule has 5 nitrogen and oxygen atoms in total. The molecule has 0 aliphatic rings. The summed E-state index contributed by atoms with van der Waals surface area (Å²) in [5.74, 6) is -0.644. The van der Waals surface area contributed by atoms with Crippen molar-refractivity contribution < 1.29 is 24.2 Å². The Hall–Kier alpha value is -2.14. The second kappa shape index (κ2) is 31.4. The van der Waals surface area contributed by atoms with Gasteiger partial charge in [0.15, 0.2) is 6.10 Å². The van der Waals surface area contributed by atoms with E-state index in [-0.39, 0.29) is 25.2 Å². The third kappa shape index (κ3) is 28.9. The van der Waals surface area contributed by atoms with E-state index in [0.29, 0.717) is 12.8 Å². The van der Waals surface area contributed by atoms with E-state index < -0.39 is 6.10 Å². The summed E-state index contributed by atoms with van der Waals surface area (Å²) in [6.45, 7) is 3.95. The summed E-state index contributed by atoms with van der Waals surface area (Å²) in [7, 11) is 0. The summed E-state index contributed by atoms with van der Waals surface area (Å²) >= 11 is 0. The van der Waals surface area contributed by atoms with Crippen molar-refractivity contribution >= 4 is 11.9 Å². The number of aliphatic hydroxyl groups is 1. The minimum atomic E-state index is -0.784. The fraction of sp³-hybridized carbons (Fsp3) is 0.714. The fourth-order valence-electron chi connectivity index (χ4n) is 4.19. The summed E-state index contributed by atoms with van der Waals surface area (Å²) < 4.78 is 10.5. The molecule has 0 unspecified atom stereocenters. The lowest BCUT2D eigenvalue weighted by atomic mass is 10.1. The Morgan fingerprint density at radius 2 is 1.07 bits per heavy atom. The number of aliphatic hydroxyl groups excluding tert-OH is 1. The monoisotopic (exact) mass is 560 g/mol. The van der Waals surface area contributed by atoms with E-state index in [1.807, 2.05) is 0 Å². The van der Waals surface area contributed by atoms with Gasteiger partial charge in [-0.3, -0.25) is 9.59 Å². The molecule has 0 amide bonds. The highest BCUT2D eigenvalue weighted by atomic mass is 16.6. The third-order valence-electron chi connectivity index (χ3n) is 6.64. The van der Waals surface area contributed by atoms with Gasteiger partial charge in [0, 0.05) is 12.8 Å². The van der Waals surface area contributed by atoms with Gasteiger partial charge in [-0.05, 0) is 51.4 Å². The van der Waals surface area contributed by atoms with Crippen molar-refractivity contribution in [1.29, 1.82) is 0 Å². The molecule has 0 aliphatic carbocycles. The van der Waals surface area contributed by atoms with E-state index >= 15 is 0 Å². The first-order valence-electron chi connectivity index (χ1n) is 16.2. The maximum atomic E-state index is 12.1. The van der Waals surface area contributed by atoms with Gasteiger partial charge in [0.25, 0.3) is 0 Å². The minimum Gasteiger partial charge on any atom is -0.462 e. The number of carbonyl (C=O) groups excluding carboxylic acids is 2. The lowest BCUT2D eigenvalue weighted by Crippen LogP contribution is -2.28. The van der Waals surface area contributed by atoms with Gasteiger partial charge < -0.3 is 14.6 Å². The number of esters is 2. The molecule has 1 atom stereocenters. The van der Waals surface area contributed by atoms with Crippen molar-refractivity contribution in [2.45, 2.75) is 148 Å². The lowest BCUT2D eigenvalue weighted by Gasteiger charge is -2.15. The van der Waals surface area contributed by atoms with Gasteiger partial charge in [0.05, 0.1) is 6.61 Å². The van der Waals surface area contributed by atoms with Gasteiger partial charge in [0.2, 0.25) is 0 Å². The molecule has 230 valence electrons. The normalized spacial score (nSPS) is 12.8. The van der Waals surface area contributed by atoms with Crippen LogP contribution in [-0.4, -0.2) is 36.4 Å². The highest BCUT2D eigenvalue weighted by Crippen LogP contribution is 2.12. The van der Waals surface area contributed by atoms with Crippen LogP contribution in [0.1, 0.15) is 142 Å². The molecule has 0 bridgehead atoms. The molecule has 0 radical (unpaired) electrons. The van der Waals surface area contributed by atoms with Crippen LogP contribution < -0.4 is 0 Å². The molecule has 5 heteroatoms. The van der Waals surface area contributed by atoms with Crippen molar-refractivity contribution in [3.8, 4) is 0 Å². The van der Waals surface area contributed by atoms with E-state index in [0.717, 1.165) is 64.2 Å². The molecule has 40 heavy (non-hydrogen) atoms. The number of unbranched alkanes of at least 4 members (excludes halogenated alkanes) is 12. The number of hydrogen-bond donors (Lipinski definition) is 1. The Bertz CT molecular complexity index is 692. The lowest BCUT2D eigenvalue weighted by molar-refractivity contribution is -0.161. The van der Waals surface area contributed by atoms with Crippen LogP contribution in [0.4, 0.5) is 0 Å². The molecular formula is C35H60O5. The summed E-state index contributed by atoms with van der Waals surface area (Å²) in [6, 6.07) is 0. The standard InChI is InChI=1S/C35H60O5/c1-3-5-7-9-11-13-15-16-17-18-20-21-23-25-27-29-34(37)39-32-33(31-36)40-35(38)30-28-26-24-22-19-14-12-10-8-6-4-2/h5,7,11,13,16-17,20-21,33,36H,3-4,6,8-10,12,14-15,18-19,22-32H2,1-2H3/t33-/m0/s1. The number of hydrogen-bond acceptors (Lipinski definition) is 5. The number of rotatable bonds is 28. The number of ether oxygens (including phenoxy) is 2. The zero-order chi connectivity index (χ0) is 29.4. The summed E-state index contributed by atoms with van der Waals surface area (Å²) in [6.07, 6.45) is 37.3. The highest BCUT2D eigenvalue weighted by molar-refractivity contribution is 5.70. The number of carbonyl (C=O) groups is 2. The largest absolute Gasteiger partial charge is 0.462 e. The van der Waals surface area contributed by atoms with E-state index in [1.165, 1.54) is 51.4 Å². The summed E-state index contributed by atoms with van der Waals surface area (Å²) in [4.78, 5) is 24.0. The van der Waals surface area contributed by atoms with Gasteiger partial charge in [-0.1, -0.05) is 127 Å². The number of allylic oxidation sites excluding steroid dienone is 8. The molecule has 0 spiro atoms. The van der Waals surface area contributed by atoms with Gasteiger partial charge in [-0.15, -0.1) is 0 Å². The van der Waals surface area contributed by atoms with Crippen molar-refractivity contribution in [2.75, 3.05) is 13.2 Å². The molecule has 0 aromatic carbocycles. The van der Waals surface area contributed by atoms with Crippen LogP contribution in [-0.2, 0) is 19.1 Å². The van der Waals surface area contributed by atoms with Crippen molar-refractivity contribution in [3.05, 3.63) is 48.6 Å². The molecule has 0 saturated carbocycles. The maximum Gasteiger partial charge on any atom is 0.306 e. The fourth-order valence-corrected chi connectivity index (χ4v) is 4.19. The highest BCUT2D eigenvalue weighted by Gasteiger charge is 2.16. The molecule has 0 aromatic heterocycles. The minimum absolute atomic E-state index is 0.0871. The average molecular weight is 561 g/mol. The first-order chi connectivity index (χ1) is 19.6. The Morgan fingerprint density at radius 1 is 0.600 bits per heavy atom. The zero-order valence-corrected chi connectivity index (χ0v) is 25.8. The molecular weight excluding hydrogens is 500 g/mol. The zero-order valence-electron chi connectivity index (χ0n) is 25.8. The topological polar surface area (TPSA) is 72.8 Å². The van der Waals surface area contributed by atoms with Crippen molar-refractivity contribution in [3.63, 3.8) is 0 Å². The molecule has 0 rings (SSSR count). The van der Waals surface area contributed by atoms with Gasteiger partial charge in [0.1, 0.15) is 6.61 Å². The molecule has 0 heterocycles. The Kier molecular flexibility index (Phi) is 29.7. The van der Waals surface area contributed by atoms with E-state index in [2.05, 4.69) is 62.5 Å². The first-order valence-corrected chi connectivity index (χ1v) is 16.2. The maximum absolute atomic E-state index is 12.1. The van der Waals surface area contributed by atoms with Gasteiger partial charge >= 0.3 is 11.9 Å². The van der Waals surface area contributed by atoms with Gasteiger partial charge in [-0.2, -0.15) is 0 Å². The van der Waals surface area contributed by atoms with Crippen LogP contribution in [0.5, 0.6) is 0 Å². The van der Waals surface area contributed by atoms with Gasteiger partial charge in [-0.25, -0.2) is 0 Å². The molecule has 0 aliphatic heterocycles. The Balaban J connectivity index is 3.69. The first kappa shape index (κ1) is 37.9. The van der Waals surface area contributed by atoms with Crippen LogP contribution in [0.3, 0.4) is 0 Å². The summed E-state index contributed by atoms with van der Waals surface area (Å²) in [5.41, 5.74) is 0. The molecule has 1 N–H and O–H groups in total. The molecule has 0 saturated heterocycles. The second-order valence-corrected chi connectivity index (χ2v) is 10.5. The Morgan fingerprint density at radius 3 is 1.62 bits per heavy atom. The van der Waals surface area contributed by atoms with E-state index in [4.69, 9.17) is 9.47 Å². The van der Waals surface area contributed by atoms with Crippen LogP contribution in [0.15, 0.2) is 48.6 Å². The third-order valence-corrected chi connectivity index (χ3v) is 6.64. The quantitative estimate of drug-likeness (QED) is 0.0586. The van der Waals surface area contributed by atoms with E-state index in [1.54, 1.807) is 0 Å². The van der Waals surface area contributed by atoms with Crippen LogP contribution in [0.25, 0.3) is 0 Å². The second-order valence-electron chi connectivity index (χ2n) is 10.5. The molecule has 0 fully saturated rings.